The fourth-order valence-corrected chi connectivity index (χ4v) is 4.49. The zero-order valence-corrected chi connectivity index (χ0v) is 17.6. The van der Waals surface area contributed by atoms with Gasteiger partial charge in [0.1, 0.15) is 23.7 Å². The van der Waals surface area contributed by atoms with E-state index in [4.69, 9.17) is 24.7 Å². The molecule has 2 amide bonds. The molecule has 3 aliphatic rings. The van der Waals surface area contributed by atoms with Gasteiger partial charge in [-0.15, -0.1) is 0 Å². The molecule has 2 aromatic rings. The standard InChI is InChI=1S/C24H26N2O6/c25-24(28)15-4-3-5-18(12-15)32-20-14-30-22-19(13-29-23(20)22)31-17-9-7-16(8-10-17)26-11-2-1-6-21(26)27/h3-5,7-10,12,19-20,22-23H,1-2,6,11,13-14H2,(H2,25,28)/t19-,20+,22-,23-/m1/s1. The summed E-state index contributed by atoms with van der Waals surface area (Å²) in [6, 6.07) is 14.4. The minimum Gasteiger partial charge on any atom is -0.485 e. The Morgan fingerprint density at radius 1 is 0.938 bits per heavy atom. The zero-order valence-electron chi connectivity index (χ0n) is 17.6. The van der Waals surface area contributed by atoms with Crippen LogP contribution >= 0.6 is 0 Å². The van der Waals surface area contributed by atoms with Crippen LogP contribution in [0.5, 0.6) is 11.5 Å². The first-order valence-electron chi connectivity index (χ1n) is 11.0. The third-order valence-electron chi connectivity index (χ3n) is 6.13. The maximum atomic E-state index is 12.1. The minimum atomic E-state index is -0.503. The number of fused-ring (bicyclic) bond motifs is 1. The summed E-state index contributed by atoms with van der Waals surface area (Å²) in [5, 5.41) is 0. The largest absolute Gasteiger partial charge is 0.485 e. The Labute approximate surface area is 186 Å². The number of amides is 2. The van der Waals surface area contributed by atoms with Crippen LogP contribution in [-0.4, -0.2) is 56.0 Å². The van der Waals surface area contributed by atoms with Crippen molar-refractivity contribution in [2.24, 2.45) is 5.73 Å². The first kappa shape index (κ1) is 20.8. The molecule has 8 heteroatoms. The third-order valence-corrected chi connectivity index (χ3v) is 6.13. The van der Waals surface area contributed by atoms with E-state index in [1.165, 1.54) is 0 Å². The molecular weight excluding hydrogens is 412 g/mol. The highest BCUT2D eigenvalue weighted by atomic mass is 16.6. The van der Waals surface area contributed by atoms with Gasteiger partial charge in [0.2, 0.25) is 11.8 Å². The zero-order chi connectivity index (χ0) is 22.1. The molecule has 3 heterocycles. The van der Waals surface area contributed by atoms with E-state index in [0.717, 1.165) is 25.1 Å². The molecule has 0 unspecified atom stereocenters. The number of benzene rings is 2. The quantitative estimate of drug-likeness (QED) is 0.743. The van der Waals surface area contributed by atoms with E-state index in [1.807, 2.05) is 29.2 Å². The highest BCUT2D eigenvalue weighted by Crippen LogP contribution is 2.33. The second kappa shape index (κ2) is 8.80. The average molecular weight is 438 g/mol. The van der Waals surface area contributed by atoms with Crippen molar-refractivity contribution in [3.8, 4) is 11.5 Å². The van der Waals surface area contributed by atoms with Crippen LogP contribution in [0.25, 0.3) is 0 Å². The Morgan fingerprint density at radius 2 is 1.62 bits per heavy atom. The smallest absolute Gasteiger partial charge is 0.248 e. The summed E-state index contributed by atoms with van der Waals surface area (Å²) in [6.07, 6.45) is 1.53. The van der Waals surface area contributed by atoms with Crippen molar-refractivity contribution >= 4 is 17.5 Å². The summed E-state index contributed by atoms with van der Waals surface area (Å²) >= 11 is 0. The van der Waals surface area contributed by atoms with Crippen molar-refractivity contribution < 1.29 is 28.5 Å². The van der Waals surface area contributed by atoms with Crippen LogP contribution in [0.4, 0.5) is 5.69 Å². The Kier molecular flexibility index (Phi) is 5.71. The number of hydrogen-bond donors (Lipinski definition) is 1. The van der Waals surface area contributed by atoms with Crippen molar-refractivity contribution in [2.45, 2.75) is 43.7 Å². The van der Waals surface area contributed by atoms with Gasteiger partial charge >= 0.3 is 0 Å². The van der Waals surface area contributed by atoms with E-state index in [0.29, 0.717) is 36.7 Å². The second-order valence-corrected chi connectivity index (χ2v) is 8.30. The molecule has 0 radical (unpaired) electrons. The Balaban J connectivity index is 1.20. The van der Waals surface area contributed by atoms with Crippen LogP contribution < -0.4 is 20.1 Å². The summed E-state index contributed by atoms with van der Waals surface area (Å²) < 4.78 is 24.0. The molecular formula is C24H26N2O6. The van der Waals surface area contributed by atoms with Gasteiger partial charge < -0.3 is 29.6 Å². The molecule has 4 atom stereocenters. The minimum absolute atomic E-state index is 0.170. The molecule has 0 aliphatic carbocycles. The molecule has 0 spiro atoms. The molecule has 2 aromatic carbocycles. The monoisotopic (exact) mass is 438 g/mol. The molecule has 5 rings (SSSR count). The molecule has 2 N–H and O–H groups in total. The predicted molar refractivity (Wildman–Crippen MR) is 116 cm³/mol. The molecule has 8 nitrogen and oxygen atoms in total. The van der Waals surface area contributed by atoms with Crippen molar-refractivity contribution in [3.63, 3.8) is 0 Å². The SMILES string of the molecule is NC(=O)c1cccc(O[C@H]2CO[C@H]3[C@@H]2OC[C@H]3Oc2ccc(N3CCCCC3=O)cc2)c1. The summed E-state index contributed by atoms with van der Waals surface area (Å²) in [4.78, 5) is 25.4. The molecule has 168 valence electrons. The highest BCUT2D eigenvalue weighted by molar-refractivity contribution is 5.94. The number of rotatable bonds is 6. The number of hydrogen-bond acceptors (Lipinski definition) is 6. The molecule has 3 aliphatic heterocycles. The predicted octanol–water partition coefficient (Wildman–Crippen LogP) is 2.29. The molecule has 0 bridgehead atoms. The highest BCUT2D eigenvalue weighted by Gasteiger charge is 2.50. The average Bonchev–Trinajstić information content (AvgIpc) is 3.38. The van der Waals surface area contributed by atoms with Crippen molar-refractivity contribution in [1.82, 2.24) is 0 Å². The molecule has 0 aromatic heterocycles. The van der Waals surface area contributed by atoms with Gasteiger partial charge in [0.05, 0.1) is 13.2 Å². The van der Waals surface area contributed by atoms with E-state index < -0.39 is 5.91 Å². The van der Waals surface area contributed by atoms with Gasteiger partial charge in [0.25, 0.3) is 0 Å². The summed E-state index contributed by atoms with van der Waals surface area (Å²) in [5.41, 5.74) is 6.63. The Hall–Kier alpha value is -3.10. The van der Waals surface area contributed by atoms with Gasteiger partial charge in [-0.05, 0) is 55.3 Å². The number of anilines is 1. The lowest BCUT2D eigenvalue weighted by atomic mass is 10.1. The van der Waals surface area contributed by atoms with E-state index >= 15 is 0 Å². The van der Waals surface area contributed by atoms with E-state index in [2.05, 4.69) is 0 Å². The topological polar surface area (TPSA) is 100 Å². The number of carbonyl (C=O) groups excluding carboxylic acids is 2. The first-order valence-corrected chi connectivity index (χ1v) is 11.0. The summed E-state index contributed by atoms with van der Waals surface area (Å²) in [6.45, 7) is 1.52. The van der Waals surface area contributed by atoms with Crippen molar-refractivity contribution in [3.05, 3.63) is 54.1 Å². The van der Waals surface area contributed by atoms with Crippen molar-refractivity contribution in [2.75, 3.05) is 24.7 Å². The number of carbonyl (C=O) groups is 2. The third kappa shape index (κ3) is 4.16. The van der Waals surface area contributed by atoms with Crippen LogP contribution in [0.3, 0.4) is 0 Å². The molecule has 0 saturated carbocycles. The van der Waals surface area contributed by atoms with Crippen LogP contribution in [-0.2, 0) is 14.3 Å². The van der Waals surface area contributed by atoms with Gasteiger partial charge in [0, 0.05) is 24.2 Å². The summed E-state index contributed by atoms with van der Waals surface area (Å²) in [7, 11) is 0. The van der Waals surface area contributed by atoms with E-state index in [1.54, 1.807) is 24.3 Å². The lowest BCUT2D eigenvalue weighted by Gasteiger charge is -2.27. The molecule has 3 saturated heterocycles. The van der Waals surface area contributed by atoms with Crippen LogP contribution in [0.1, 0.15) is 29.6 Å². The number of ether oxygens (including phenoxy) is 4. The van der Waals surface area contributed by atoms with E-state index in [-0.39, 0.29) is 30.3 Å². The van der Waals surface area contributed by atoms with Crippen LogP contribution in [0.2, 0.25) is 0 Å². The maximum Gasteiger partial charge on any atom is 0.248 e. The number of nitrogens with two attached hydrogens (primary N) is 1. The number of piperidine rings is 1. The Morgan fingerprint density at radius 3 is 2.28 bits per heavy atom. The maximum absolute atomic E-state index is 12.1. The summed E-state index contributed by atoms with van der Waals surface area (Å²) in [5.74, 6) is 0.918. The normalized spacial score (nSPS) is 27.2. The lowest BCUT2D eigenvalue weighted by Crippen LogP contribution is -2.36. The lowest BCUT2D eigenvalue weighted by molar-refractivity contribution is -0.119. The molecule has 32 heavy (non-hydrogen) atoms. The fourth-order valence-electron chi connectivity index (χ4n) is 4.49. The number of primary amides is 1. The van der Waals surface area contributed by atoms with E-state index in [9.17, 15) is 9.59 Å². The van der Waals surface area contributed by atoms with Crippen LogP contribution in [0.15, 0.2) is 48.5 Å². The van der Waals surface area contributed by atoms with Gasteiger partial charge in [-0.1, -0.05) is 6.07 Å². The van der Waals surface area contributed by atoms with Gasteiger partial charge in [-0.3, -0.25) is 9.59 Å². The van der Waals surface area contributed by atoms with Crippen LogP contribution in [0, 0.1) is 0 Å². The fraction of sp³-hybridized carbons (Fsp3) is 0.417. The first-order chi connectivity index (χ1) is 15.6. The van der Waals surface area contributed by atoms with Gasteiger partial charge in [-0.2, -0.15) is 0 Å². The van der Waals surface area contributed by atoms with Gasteiger partial charge in [0.15, 0.2) is 12.2 Å². The Bertz CT molecular complexity index is 994. The molecule has 3 fully saturated rings. The second-order valence-electron chi connectivity index (χ2n) is 8.30. The van der Waals surface area contributed by atoms with Crippen molar-refractivity contribution in [1.29, 1.82) is 0 Å². The van der Waals surface area contributed by atoms with Gasteiger partial charge in [-0.25, -0.2) is 0 Å². The number of nitrogens with zero attached hydrogens (tertiary/aromatic N) is 1.